The van der Waals surface area contributed by atoms with Gasteiger partial charge in [0.2, 0.25) is 28.5 Å². The molecule has 17 aromatic rings. The number of hydrogen-bond donors (Lipinski definition) is 0. The van der Waals surface area contributed by atoms with Crippen LogP contribution in [-0.2, 0) is 35.2 Å². The van der Waals surface area contributed by atoms with Crippen LogP contribution in [0.2, 0.25) is 0 Å². The summed E-state index contributed by atoms with van der Waals surface area (Å²) in [6.45, 7) is -19.4. The van der Waals surface area contributed by atoms with Crippen LogP contribution in [0.4, 0.5) is 0 Å². The number of rotatable bonds is 12. The summed E-state index contributed by atoms with van der Waals surface area (Å²) >= 11 is 0. The van der Waals surface area contributed by atoms with E-state index in [1.165, 1.54) is 79.3 Å². The van der Waals surface area contributed by atoms with Gasteiger partial charge in [0.15, 0.2) is 31.0 Å². The second-order valence-corrected chi connectivity index (χ2v) is 32.0. The van der Waals surface area contributed by atoms with E-state index in [1.54, 1.807) is 138 Å². The Morgan fingerprint density at radius 1 is 0.157 bits per heavy atom. The molecule has 0 aliphatic heterocycles. The molecule has 0 aliphatic rings. The zero-order chi connectivity index (χ0) is 123. The van der Waals surface area contributed by atoms with Crippen molar-refractivity contribution in [2.75, 3.05) is 0 Å². The van der Waals surface area contributed by atoms with Crippen LogP contribution < -0.4 is 22.8 Å². The van der Waals surface area contributed by atoms with E-state index in [0.29, 0.717) is 56.0 Å². The van der Waals surface area contributed by atoms with Gasteiger partial charge in [-0.05, 0) is 321 Å². The highest BCUT2D eigenvalue weighted by Crippen LogP contribution is 2.43. The predicted octanol–water partition coefficient (Wildman–Crippen LogP) is 28.7. The Morgan fingerprint density at radius 3 is 0.732 bits per heavy atom. The molecule has 636 valence electrons. The molecule has 0 fully saturated rings. The van der Waals surface area contributed by atoms with Gasteiger partial charge >= 0.3 is 0 Å². The Bertz CT molecular complexity index is 8420. The van der Waals surface area contributed by atoms with Crippen LogP contribution in [0, 0.1) is 138 Å². The summed E-state index contributed by atoms with van der Waals surface area (Å²) in [5.41, 5.74) is 19.0. The molecule has 127 heavy (non-hydrogen) atoms. The van der Waals surface area contributed by atoms with Gasteiger partial charge in [-0.15, -0.1) is 0 Å². The van der Waals surface area contributed by atoms with E-state index in [4.69, 9.17) is 53.5 Å². The molecule has 12 aromatic carbocycles. The first-order valence-electron chi connectivity index (χ1n) is 61.0. The number of nitrogens with zero attached hydrogens (tertiary/aromatic N) is 5. The van der Waals surface area contributed by atoms with E-state index in [9.17, 15) is 0 Å². The second-order valence-electron chi connectivity index (χ2n) is 32.0. The molecule has 0 unspecified atom stereocenters. The van der Waals surface area contributed by atoms with Crippen molar-refractivity contribution in [3.8, 4) is 134 Å². The molecule has 5 aromatic heterocycles. The first-order valence-corrected chi connectivity index (χ1v) is 41.5. The highest BCUT2D eigenvalue weighted by Gasteiger charge is 2.29. The average Bonchev–Trinajstić information content (AvgIpc) is 0.740. The zero-order valence-electron chi connectivity index (χ0n) is 112. The lowest BCUT2D eigenvalue weighted by Gasteiger charge is -2.17. The minimum absolute atomic E-state index is 0.00429. The number of benzene rings is 12. The largest absolute Gasteiger partial charge is 0.220 e. The molecular weight excluding hydrogens is 1540 g/mol. The standard InChI is InChI=1S/C28H28N.C27H26N.C23H26N.2C22H24N/c1-19-15-26(28(29(5)18-19)25-14-10-9-11-20(25)2)27-21(3)16-24(17-22(27)4)23-12-7-6-8-13-23;1-19-16-26(27(28(4)18-19)25-13-9-8-10-20(25)2)24-15-14-23(17-21(24)3)22-11-6-5-7-12-22;1-15-11-18(4)22(19(5)12-15)21-13-16(2)14-24(6)23(21)20-10-8-7-9-17(20)3;1-15-13-20(21-17(3)10-8-11-18(21)4)22(23(5)14-15)19-12-7-6-9-16(19)2;1-15-10-11-19(18(4)12-15)21-13-16(2)14-23(5)22(21)20-9-7-6-8-17(20)3/h6-18H,1-5H3;5-18H,1-4H3;7-14H,1-6H3;2*6-14H,1-5H3/q5*+1/i1D3,3D3,4D3;1D3,3D3;2D3,4D3,5D3;1D3,3D3,4D3;2D3,4D3. The first-order chi connectivity index (χ1) is 76.6. The van der Waals surface area contributed by atoms with Crippen LogP contribution in [-0.4, -0.2) is 0 Å². The molecule has 5 heterocycles. The molecule has 0 aliphatic carbocycles. The Balaban J connectivity index is 0.000000171. The lowest BCUT2D eigenvalue weighted by atomic mass is 9.88. The molecule has 5 nitrogen and oxygen atoms in total. The lowest BCUT2D eigenvalue weighted by molar-refractivity contribution is -0.660. The fraction of sp³-hybridized carbons (Fsp3) is 0.205. The van der Waals surface area contributed by atoms with Gasteiger partial charge in [-0.1, -0.05) is 242 Å². The fourth-order valence-corrected chi connectivity index (χ4v) is 16.6. The van der Waals surface area contributed by atoms with Crippen molar-refractivity contribution < 1.29 is 76.3 Å². The lowest BCUT2D eigenvalue weighted by Crippen LogP contribution is -2.32. The third kappa shape index (κ3) is 20.7. The fourth-order valence-electron chi connectivity index (χ4n) is 16.6. The monoisotopic (exact) mass is 1700 g/mol. The summed E-state index contributed by atoms with van der Waals surface area (Å²) in [5, 5.41) is 0. The summed E-state index contributed by atoms with van der Waals surface area (Å²) in [5.74, 6) is 0. The second kappa shape index (κ2) is 40.1. The average molecular weight is 1700 g/mol. The minimum atomic E-state index is -2.68. The highest BCUT2D eigenvalue weighted by molar-refractivity contribution is 5.89. The molecule has 0 bridgehead atoms. The highest BCUT2D eigenvalue weighted by atomic mass is 14.9. The Hall–Kier alpha value is -13.6. The summed E-state index contributed by atoms with van der Waals surface area (Å²) < 4.78 is 324. The molecule has 0 spiro atoms. The molecule has 0 radical (unpaired) electrons. The van der Waals surface area contributed by atoms with Gasteiger partial charge in [0.25, 0.3) is 0 Å². The van der Waals surface area contributed by atoms with Gasteiger partial charge in [-0.3, -0.25) is 0 Å². The molecule has 17 rings (SSSR count). The Labute approximate surface area is 813 Å². The molecule has 0 saturated heterocycles. The number of aromatic nitrogens is 5. The van der Waals surface area contributed by atoms with Crippen molar-refractivity contribution in [1.82, 2.24) is 0 Å². The van der Waals surface area contributed by atoms with Crippen LogP contribution in [0.5, 0.6) is 0 Å². The third-order valence-corrected chi connectivity index (χ3v) is 22.5. The molecule has 0 N–H and O–H groups in total. The maximum absolute atomic E-state index is 8.40. The Kier molecular flexibility index (Phi) is 16.8. The van der Waals surface area contributed by atoms with Gasteiger partial charge in [0, 0.05) is 109 Å². The molecule has 0 atom stereocenters. The summed E-state index contributed by atoms with van der Waals surface area (Å²) in [6.07, 6.45) is 7.65. The van der Waals surface area contributed by atoms with Crippen LogP contribution in [0.1, 0.15) is 165 Å². The van der Waals surface area contributed by atoms with Gasteiger partial charge in [0.05, 0.1) is 27.8 Å². The maximum Gasteiger partial charge on any atom is 0.220 e. The van der Waals surface area contributed by atoms with Crippen molar-refractivity contribution in [2.24, 2.45) is 35.2 Å². The van der Waals surface area contributed by atoms with E-state index in [2.05, 4.69) is 0 Å². The van der Waals surface area contributed by atoms with Crippen molar-refractivity contribution >= 4 is 0 Å². The normalized spacial score (nSPS) is 16.7. The van der Waals surface area contributed by atoms with E-state index < -0.39 is 89.1 Å². The minimum Gasteiger partial charge on any atom is -0.200 e. The van der Waals surface area contributed by atoms with Crippen LogP contribution in [0.25, 0.3) is 134 Å². The van der Waals surface area contributed by atoms with Gasteiger partial charge < -0.3 is 0 Å². The topological polar surface area (TPSA) is 19.4 Å². The third-order valence-electron chi connectivity index (χ3n) is 22.5. The van der Waals surface area contributed by atoms with Crippen molar-refractivity contribution in [1.29, 1.82) is 0 Å². The summed E-state index contributed by atoms with van der Waals surface area (Å²) in [6, 6.07) is 84.7. The quantitative estimate of drug-likeness (QED) is 0.109. The van der Waals surface area contributed by atoms with Gasteiger partial charge in [-0.2, -0.15) is 0 Å². The van der Waals surface area contributed by atoms with Crippen molar-refractivity contribution in [3.05, 3.63) is 433 Å². The van der Waals surface area contributed by atoms with E-state index >= 15 is 0 Å². The van der Waals surface area contributed by atoms with E-state index in [1.807, 2.05) is 211 Å². The van der Waals surface area contributed by atoms with Crippen LogP contribution in [0.3, 0.4) is 0 Å². The number of pyridine rings is 5. The predicted molar refractivity (Wildman–Crippen MR) is 538 cm³/mol. The molecular formula is C122H128N5+5. The van der Waals surface area contributed by atoms with Gasteiger partial charge in [-0.25, -0.2) is 22.8 Å². The van der Waals surface area contributed by atoms with Crippen molar-refractivity contribution in [2.45, 2.75) is 138 Å². The zero-order valence-corrected chi connectivity index (χ0v) is 73.3. The number of hydrogen-bond acceptors (Lipinski definition) is 0. The van der Waals surface area contributed by atoms with Crippen LogP contribution >= 0.6 is 0 Å². The molecule has 0 saturated carbocycles. The van der Waals surface area contributed by atoms with Crippen LogP contribution in [0.15, 0.2) is 322 Å². The summed E-state index contributed by atoms with van der Waals surface area (Å²) in [7, 11) is 8.63. The Morgan fingerprint density at radius 2 is 0.409 bits per heavy atom. The maximum atomic E-state index is 8.40. The summed E-state index contributed by atoms with van der Waals surface area (Å²) in [4.78, 5) is 0. The van der Waals surface area contributed by atoms with Gasteiger partial charge in [0.1, 0.15) is 35.2 Å². The molecule has 5 heteroatoms. The first kappa shape index (κ1) is 53.0. The number of aryl methyl sites for hydroxylation is 25. The SMILES string of the molecule is [2H]C([2H])([2H])c1cc(-c2c(C([2H])([2H])[2H])cc(-c3ccccc3)cc2C([2H])([2H])[2H])c(-c2ccccc2C)[n+](C)c1.[2H]C([2H])([2H])c1cc(-c2c(C([2H])([2H])[2H])cc(C)cc2C([2H])([2H])[2H])c(-c2ccccc2C)[n+](C)c1.[2H]C([2H])([2H])c1cc(-c2c(C([2H])([2H])[2H])cccc2C([2H])([2H])[2H])c(-c2ccccc2C)[n+](C)c1.[2H]C([2H])([2H])c1cc(-c2ccc(-c3ccccc3)cc2C([2H])([2H])[2H])c(-c2ccccc2C)[n+](C)c1.[2H]C([2H])([2H])c1cc(-c2ccc(C)cc2C([2H])([2H])[2H])c(-c2ccccc2C)[n+](C)c1. The molecule has 0 amide bonds. The van der Waals surface area contributed by atoms with E-state index in [-0.39, 0.29) is 106 Å². The van der Waals surface area contributed by atoms with Crippen molar-refractivity contribution in [3.63, 3.8) is 0 Å². The van der Waals surface area contributed by atoms with E-state index in [0.717, 1.165) is 83.7 Å². The smallest absolute Gasteiger partial charge is 0.200 e.